The first-order valence-corrected chi connectivity index (χ1v) is 8.69. The van der Waals surface area contributed by atoms with Crippen molar-refractivity contribution in [2.24, 2.45) is 0 Å². The van der Waals surface area contributed by atoms with E-state index in [1.54, 1.807) is 0 Å². The normalized spacial score (nSPS) is 12.9. The molecular formula is C22H21NO2. The van der Waals surface area contributed by atoms with Crippen molar-refractivity contribution in [1.82, 2.24) is 0 Å². The summed E-state index contributed by atoms with van der Waals surface area (Å²) in [6.45, 7) is 5.38. The van der Waals surface area contributed by atoms with Crippen molar-refractivity contribution in [2.45, 2.75) is 20.3 Å². The standard InChI is InChI=1S/C22H21NO2/c1-15-10-11-16(2)20(14-15)25-13-5-12-23-19-9-4-7-17-6-3-8-18(21(17)19)22(23)24/h3-4,6-11,14H,5,12-13H2,1-2H3. The molecule has 1 amide bonds. The molecule has 0 saturated heterocycles. The summed E-state index contributed by atoms with van der Waals surface area (Å²) in [7, 11) is 0. The molecule has 0 aromatic heterocycles. The van der Waals surface area contributed by atoms with Crippen LogP contribution in [0.25, 0.3) is 10.8 Å². The van der Waals surface area contributed by atoms with Crippen LogP contribution in [0.1, 0.15) is 27.9 Å². The molecule has 0 unspecified atom stereocenters. The highest BCUT2D eigenvalue weighted by atomic mass is 16.5. The zero-order valence-electron chi connectivity index (χ0n) is 14.6. The van der Waals surface area contributed by atoms with Crippen LogP contribution in [0.4, 0.5) is 5.69 Å². The number of nitrogens with zero attached hydrogens (tertiary/aromatic N) is 1. The van der Waals surface area contributed by atoms with Crippen LogP contribution in [0, 0.1) is 13.8 Å². The van der Waals surface area contributed by atoms with Gasteiger partial charge in [0, 0.05) is 17.5 Å². The Bertz CT molecular complexity index is 956. The predicted octanol–water partition coefficient (Wildman–Crippen LogP) is 4.89. The third kappa shape index (κ3) is 2.76. The Hall–Kier alpha value is -2.81. The molecule has 0 atom stereocenters. The average Bonchev–Trinajstić information content (AvgIpc) is 2.89. The molecule has 0 saturated carbocycles. The van der Waals surface area contributed by atoms with Crippen molar-refractivity contribution < 1.29 is 9.53 Å². The van der Waals surface area contributed by atoms with Crippen LogP contribution in [0.3, 0.4) is 0 Å². The van der Waals surface area contributed by atoms with E-state index >= 15 is 0 Å². The van der Waals surface area contributed by atoms with Gasteiger partial charge in [0.25, 0.3) is 5.91 Å². The number of carbonyl (C=O) groups excluding carboxylic acids is 1. The minimum atomic E-state index is 0.0959. The number of anilines is 1. The largest absolute Gasteiger partial charge is 0.493 e. The number of carbonyl (C=O) groups is 1. The van der Waals surface area contributed by atoms with E-state index in [2.05, 4.69) is 44.2 Å². The molecule has 126 valence electrons. The Kier molecular flexibility index (Phi) is 3.92. The zero-order valence-corrected chi connectivity index (χ0v) is 14.6. The third-order valence-electron chi connectivity index (χ3n) is 4.78. The Morgan fingerprint density at radius 2 is 1.80 bits per heavy atom. The second-order valence-corrected chi connectivity index (χ2v) is 6.61. The maximum atomic E-state index is 12.7. The Morgan fingerprint density at radius 1 is 1.00 bits per heavy atom. The van der Waals surface area contributed by atoms with Crippen LogP contribution in [0.15, 0.2) is 54.6 Å². The molecule has 1 aliphatic rings. The number of hydrogen-bond donors (Lipinski definition) is 0. The van der Waals surface area contributed by atoms with Gasteiger partial charge in [-0.15, -0.1) is 0 Å². The summed E-state index contributed by atoms with van der Waals surface area (Å²) >= 11 is 0. The van der Waals surface area contributed by atoms with Crippen LogP contribution in [0.2, 0.25) is 0 Å². The summed E-state index contributed by atoms with van der Waals surface area (Å²) in [4.78, 5) is 14.6. The van der Waals surface area contributed by atoms with E-state index in [0.29, 0.717) is 13.2 Å². The van der Waals surface area contributed by atoms with Crippen molar-refractivity contribution in [3.8, 4) is 5.75 Å². The minimum absolute atomic E-state index is 0.0959. The first-order chi connectivity index (χ1) is 12.1. The van der Waals surface area contributed by atoms with E-state index in [0.717, 1.165) is 39.8 Å². The molecule has 3 aromatic carbocycles. The van der Waals surface area contributed by atoms with Crippen LogP contribution in [0.5, 0.6) is 5.75 Å². The van der Waals surface area contributed by atoms with Gasteiger partial charge >= 0.3 is 0 Å². The molecule has 3 nitrogen and oxygen atoms in total. The maximum Gasteiger partial charge on any atom is 0.258 e. The molecule has 3 heteroatoms. The zero-order chi connectivity index (χ0) is 17.4. The molecule has 0 bridgehead atoms. The summed E-state index contributed by atoms with van der Waals surface area (Å²) in [6.07, 6.45) is 0.795. The lowest BCUT2D eigenvalue weighted by Crippen LogP contribution is -2.28. The van der Waals surface area contributed by atoms with Crippen molar-refractivity contribution in [1.29, 1.82) is 0 Å². The Balaban J connectivity index is 1.45. The molecule has 0 radical (unpaired) electrons. The molecule has 3 aromatic rings. The fraction of sp³-hybridized carbons (Fsp3) is 0.227. The van der Waals surface area contributed by atoms with Gasteiger partial charge < -0.3 is 9.64 Å². The highest BCUT2D eigenvalue weighted by Crippen LogP contribution is 2.37. The van der Waals surface area contributed by atoms with Gasteiger partial charge in [-0.1, -0.05) is 36.4 Å². The molecule has 0 spiro atoms. The Morgan fingerprint density at radius 3 is 2.64 bits per heavy atom. The summed E-state index contributed by atoms with van der Waals surface area (Å²) in [6, 6.07) is 18.3. The number of ether oxygens (including phenoxy) is 1. The summed E-state index contributed by atoms with van der Waals surface area (Å²) in [5.41, 5.74) is 4.16. The van der Waals surface area contributed by atoms with Gasteiger partial charge in [-0.2, -0.15) is 0 Å². The molecule has 0 fully saturated rings. The van der Waals surface area contributed by atoms with E-state index in [1.165, 1.54) is 5.56 Å². The van der Waals surface area contributed by atoms with Crippen LogP contribution in [-0.4, -0.2) is 19.1 Å². The monoisotopic (exact) mass is 331 g/mol. The lowest BCUT2D eigenvalue weighted by Gasteiger charge is -2.18. The van der Waals surface area contributed by atoms with Gasteiger partial charge in [-0.05, 0) is 55.0 Å². The van der Waals surface area contributed by atoms with Gasteiger partial charge in [0.1, 0.15) is 5.75 Å². The van der Waals surface area contributed by atoms with Gasteiger partial charge in [0.05, 0.1) is 12.3 Å². The van der Waals surface area contributed by atoms with Crippen LogP contribution < -0.4 is 9.64 Å². The van der Waals surface area contributed by atoms with E-state index < -0.39 is 0 Å². The van der Waals surface area contributed by atoms with Crippen molar-refractivity contribution in [3.05, 3.63) is 71.3 Å². The van der Waals surface area contributed by atoms with Gasteiger partial charge in [0.2, 0.25) is 0 Å². The lowest BCUT2D eigenvalue weighted by molar-refractivity contribution is 0.0992. The lowest BCUT2D eigenvalue weighted by atomic mass is 10.1. The molecule has 1 aliphatic heterocycles. The van der Waals surface area contributed by atoms with E-state index in [-0.39, 0.29) is 5.91 Å². The van der Waals surface area contributed by atoms with E-state index in [4.69, 9.17) is 4.74 Å². The summed E-state index contributed by atoms with van der Waals surface area (Å²) in [5, 5.41) is 2.20. The number of aryl methyl sites for hydroxylation is 2. The van der Waals surface area contributed by atoms with Gasteiger partial charge in [-0.3, -0.25) is 4.79 Å². The first kappa shape index (κ1) is 15.7. The molecule has 4 rings (SSSR count). The predicted molar refractivity (Wildman–Crippen MR) is 102 cm³/mol. The maximum absolute atomic E-state index is 12.7. The van der Waals surface area contributed by atoms with Crippen molar-refractivity contribution in [3.63, 3.8) is 0 Å². The van der Waals surface area contributed by atoms with Crippen molar-refractivity contribution in [2.75, 3.05) is 18.1 Å². The fourth-order valence-corrected chi connectivity index (χ4v) is 3.47. The molecule has 0 N–H and O–H groups in total. The third-order valence-corrected chi connectivity index (χ3v) is 4.78. The Labute approximate surface area is 147 Å². The van der Waals surface area contributed by atoms with Gasteiger partial charge in [-0.25, -0.2) is 0 Å². The molecule has 25 heavy (non-hydrogen) atoms. The van der Waals surface area contributed by atoms with Crippen LogP contribution in [-0.2, 0) is 0 Å². The van der Waals surface area contributed by atoms with E-state index in [1.807, 2.05) is 29.2 Å². The smallest absolute Gasteiger partial charge is 0.258 e. The molecule has 0 aliphatic carbocycles. The highest BCUT2D eigenvalue weighted by molar-refractivity contribution is 6.24. The molecular weight excluding hydrogens is 310 g/mol. The number of benzene rings is 3. The summed E-state index contributed by atoms with van der Waals surface area (Å²) < 4.78 is 5.92. The minimum Gasteiger partial charge on any atom is -0.493 e. The van der Waals surface area contributed by atoms with E-state index in [9.17, 15) is 4.79 Å². The average molecular weight is 331 g/mol. The van der Waals surface area contributed by atoms with Crippen LogP contribution >= 0.6 is 0 Å². The quantitative estimate of drug-likeness (QED) is 0.623. The van der Waals surface area contributed by atoms with Gasteiger partial charge in [0.15, 0.2) is 0 Å². The SMILES string of the molecule is Cc1ccc(C)c(OCCCN2C(=O)c3cccc4cccc2c34)c1. The fourth-order valence-electron chi connectivity index (χ4n) is 3.47. The second-order valence-electron chi connectivity index (χ2n) is 6.61. The number of rotatable bonds is 5. The summed E-state index contributed by atoms with van der Waals surface area (Å²) in [5.74, 6) is 1.02. The van der Waals surface area contributed by atoms with Crippen molar-refractivity contribution >= 4 is 22.4 Å². The number of amides is 1. The first-order valence-electron chi connectivity index (χ1n) is 8.69. The molecule has 1 heterocycles. The highest BCUT2D eigenvalue weighted by Gasteiger charge is 2.28. The number of hydrogen-bond acceptors (Lipinski definition) is 2. The topological polar surface area (TPSA) is 29.5 Å². The second kappa shape index (κ2) is 6.25.